The summed E-state index contributed by atoms with van der Waals surface area (Å²) in [5.41, 5.74) is 1.99. The van der Waals surface area contributed by atoms with E-state index >= 15 is 0 Å². The molecule has 2 aromatic carbocycles. The van der Waals surface area contributed by atoms with Gasteiger partial charge in [0.1, 0.15) is 24.5 Å². The van der Waals surface area contributed by atoms with Gasteiger partial charge in [-0.1, -0.05) is 17.7 Å². The van der Waals surface area contributed by atoms with Crippen LogP contribution in [0.15, 0.2) is 60.2 Å². The van der Waals surface area contributed by atoms with Crippen LogP contribution >= 0.6 is 47.8 Å². The number of carbonyl (C=O) groups is 1. The van der Waals surface area contributed by atoms with Crippen LogP contribution in [0.2, 0.25) is 5.02 Å². The van der Waals surface area contributed by atoms with E-state index in [1.807, 2.05) is 42.8 Å². The Balaban J connectivity index is 0.00000181. The standard InChI is InChI=1S/C22H19ClN4O2S.2ClH/c1-24-8-9-29-15-5-7-19-17(12-15)22(26-13-25-19)27-14-4-6-16(18(23)11-14)21(28)20-3-2-10-30-20;;/h2-7,10-13,24H,8-9H2,1H3,(H,25,26,27);2*1H. The molecule has 0 aliphatic heterocycles. The number of rotatable bonds is 8. The van der Waals surface area contributed by atoms with Crippen molar-refractivity contribution in [1.82, 2.24) is 15.3 Å². The number of carbonyl (C=O) groups excluding carboxylic acids is 1. The third kappa shape index (κ3) is 5.88. The molecule has 168 valence electrons. The number of fused-ring (bicyclic) bond motifs is 1. The van der Waals surface area contributed by atoms with E-state index in [1.54, 1.807) is 18.2 Å². The number of aromatic nitrogens is 2. The lowest BCUT2D eigenvalue weighted by molar-refractivity contribution is 0.104. The molecule has 6 nitrogen and oxygen atoms in total. The molecule has 0 bridgehead atoms. The fourth-order valence-electron chi connectivity index (χ4n) is 2.95. The van der Waals surface area contributed by atoms with Crippen LogP contribution in [0, 0.1) is 0 Å². The molecule has 32 heavy (non-hydrogen) atoms. The van der Waals surface area contributed by atoms with E-state index in [2.05, 4.69) is 20.6 Å². The molecule has 10 heteroatoms. The van der Waals surface area contributed by atoms with Crippen molar-refractivity contribution in [3.05, 3.63) is 75.7 Å². The van der Waals surface area contributed by atoms with Crippen molar-refractivity contribution in [2.45, 2.75) is 0 Å². The summed E-state index contributed by atoms with van der Waals surface area (Å²) in [7, 11) is 1.88. The van der Waals surface area contributed by atoms with Crippen molar-refractivity contribution in [3.8, 4) is 5.75 Å². The fourth-order valence-corrected chi connectivity index (χ4v) is 3.89. The maximum atomic E-state index is 12.6. The van der Waals surface area contributed by atoms with Gasteiger partial charge in [0, 0.05) is 23.2 Å². The van der Waals surface area contributed by atoms with Crippen LogP contribution in [-0.2, 0) is 0 Å². The summed E-state index contributed by atoms with van der Waals surface area (Å²) >= 11 is 7.80. The summed E-state index contributed by atoms with van der Waals surface area (Å²) < 4.78 is 5.75. The van der Waals surface area contributed by atoms with Crippen molar-refractivity contribution in [3.63, 3.8) is 0 Å². The second-order valence-corrected chi connectivity index (χ2v) is 7.83. The fraction of sp³-hybridized carbons (Fsp3) is 0.136. The van der Waals surface area contributed by atoms with E-state index < -0.39 is 0 Å². The predicted molar refractivity (Wildman–Crippen MR) is 136 cm³/mol. The van der Waals surface area contributed by atoms with Crippen molar-refractivity contribution >= 4 is 75.9 Å². The smallest absolute Gasteiger partial charge is 0.204 e. The van der Waals surface area contributed by atoms with Crippen LogP contribution < -0.4 is 15.4 Å². The molecule has 0 spiro atoms. The molecule has 2 aromatic heterocycles. The Morgan fingerprint density at radius 2 is 1.97 bits per heavy atom. The highest BCUT2D eigenvalue weighted by molar-refractivity contribution is 7.12. The lowest BCUT2D eigenvalue weighted by atomic mass is 10.1. The van der Waals surface area contributed by atoms with Crippen LogP contribution in [0.1, 0.15) is 15.2 Å². The number of anilines is 2. The van der Waals surface area contributed by atoms with Gasteiger partial charge in [0.2, 0.25) is 5.78 Å². The van der Waals surface area contributed by atoms with Crippen molar-refractivity contribution in [2.24, 2.45) is 0 Å². The lowest BCUT2D eigenvalue weighted by Gasteiger charge is -2.11. The number of hydrogen-bond acceptors (Lipinski definition) is 7. The minimum atomic E-state index is -0.0857. The Morgan fingerprint density at radius 1 is 1.12 bits per heavy atom. The number of ketones is 1. The monoisotopic (exact) mass is 510 g/mol. The number of halogens is 3. The van der Waals surface area contributed by atoms with Crippen LogP contribution in [0.4, 0.5) is 11.5 Å². The highest BCUT2D eigenvalue weighted by Gasteiger charge is 2.15. The molecule has 0 saturated heterocycles. The molecule has 0 unspecified atom stereocenters. The molecule has 0 saturated carbocycles. The number of hydrogen-bond donors (Lipinski definition) is 2. The molecule has 2 N–H and O–H groups in total. The Hall–Kier alpha value is -2.42. The molecule has 0 radical (unpaired) electrons. The van der Waals surface area contributed by atoms with Gasteiger partial charge in [-0.3, -0.25) is 4.79 Å². The van der Waals surface area contributed by atoms with Crippen LogP contribution in [-0.4, -0.2) is 36.0 Å². The minimum absolute atomic E-state index is 0. The van der Waals surface area contributed by atoms with E-state index in [1.165, 1.54) is 17.7 Å². The Labute approximate surface area is 207 Å². The zero-order valence-electron chi connectivity index (χ0n) is 17.0. The van der Waals surface area contributed by atoms with E-state index in [4.69, 9.17) is 16.3 Å². The van der Waals surface area contributed by atoms with Gasteiger partial charge in [-0.05, 0) is 54.9 Å². The molecule has 0 aliphatic rings. The maximum absolute atomic E-state index is 12.6. The SMILES string of the molecule is CNCCOc1ccc2ncnc(Nc3ccc(C(=O)c4cccs4)c(Cl)c3)c2c1.Cl.Cl. The van der Waals surface area contributed by atoms with Crippen LogP contribution in [0.3, 0.4) is 0 Å². The number of nitrogens with one attached hydrogen (secondary N) is 2. The Bertz CT molecular complexity index is 1190. The van der Waals surface area contributed by atoms with Crippen LogP contribution in [0.5, 0.6) is 5.75 Å². The molecule has 2 heterocycles. The first-order valence-electron chi connectivity index (χ1n) is 9.32. The molecule has 0 aliphatic carbocycles. The summed E-state index contributed by atoms with van der Waals surface area (Å²) in [5.74, 6) is 1.29. The predicted octanol–water partition coefficient (Wildman–Crippen LogP) is 5.76. The average molecular weight is 512 g/mol. The number of thiophene rings is 1. The summed E-state index contributed by atoms with van der Waals surface area (Å²) in [4.78, 5) is 21.9. The molecule has 0 fully saturated rings. The van der Waals surface area contributed by atoms with E-state index in [-0.39, 0.29) is 30.6 Å². The topological polar surface area (TPSA) is 76.1 Å². The highest BCUT2D eigenvalue weighted by atomic mass is 35.5. The van der Waals surface area contributed by atoms with E-state index in [9.17, 15) is 4.79 Å². The van der Waals surface area contributed by atoms with Gasteiger partial charge in [0.05, 0.1) is 15.4 Å². The zero-order valence-corrected chi connectivity index (χ0v) is 20.2. The summed E-state index contributed by atoms with van der Waals surface area (Å²) in [6.07, 6.45) is 1.50. The quantitative estimate of drug-likeness (QED) is 0.231. The summed E-state index contributed by atoms with van der Waals surface area (Å²) in [6, 6.07) is 14.6. The molecular formula is C22H21Cl3N4O2S. The summed E-state index contributed by atoms with van der Waals surface area (Å²) in [6.45, 7) is 1.32. The van der Waals surface area contributed by atoms with Crippen molar-refractivity contribution in [1.29, 1.82) is 0 Å². The summed E-state index contributed by atoms with van der Waals surface area (Å²) in [5, 5.41) is 9.40. The first-order chi connectivity index (χ1) is 14.7. The molecule has 0 atom stereocenters. The normalized spacial score (nSPS) is 10.2. The van der Waals surface area contributed by atoms with Crippen molar-refractivity contribution in [2.75, 3.05) is 25.5 Å². The minimum Gasteiger partial charge on any atom is -0.492 e. The molecule has 4 aromatic rings. The molecular weight excluding hydrogens is 491 g/mol. The molecule has 0 amide bonds. The Kier molecular flexibility index (Phi) is 9.68. The van der Waals surface area contributed by atoms with Gasteiger partial charge in [-0.25, -0.2) is 9.97 Å². The van der Waals surface area contributed by atoms with Crippen molar-refractivity contribution < 1.29 is 9.53 Å². The van der Waals surface area contributed by atoms with Gasteiger partial charge in [0.25, 0.3) is 0 Å². The third-order valence-corrected chi connectivity index (χ3v) is 5.63. The second-order valence-electron chi connectivity index (χ2n) is 6.48. The number of likely N-dealkylation sites (N-methyl/N-ethyl adjacent to an activating group) is 1. The highest BCUT2D eigenvalue weighted by Crippen LogP contribution is 2.30. The van der Waals surface area contributed by atoms with Gasteiger partial charge in [0.15, 0.2) is 0 Å². The molecule has 4 rings (SSSR count). The van der Waals surface area contributed by atoms with E-state index in [0.29, 0.717) is 27.9 Å². The van der Waals surface area contributed by atoms with Gasteiger partial charge < -0.3 is 15.4 Å². The van der Waals surface area contributed by atoms with Gasteiger partial charge in [-0.2, -0.15) is 0 Å². The number of nitrogens with zero attached hydrogens (tertiary/aromatic N) is 2. The van der Waals surface area contributed by atoms with Gasteiger partial charge >= 0.3 is 0 Å². The lowest BCUT2D eigenvalue weighted by Crippen LogP contribution is -2.15. The first-order valence-corrected chi connectivity index (χ1v) is 10.6. The zero-order chi connectivity index (χ0) is 20.9. The second kappa shape index (κ2) is 12.0. The van der Waals surface area contributed by atoms with Crippen LogP contribution in [0.25, 0.3) is 10.9 Å². The number of ether oxygens (including phenoxy) is 1. The van der Waals surface area contributed by atoms with E-state index in [0.717, 1.165) is 28.9 Å². The first kappa shape index (κ1) is 25.8. The number of benzene rings is 2. The van der Waals surface area contributed by atoms with Gasteiger partial charge in [-0.15, -0.1) is 36.2 Å². The largest absolute Gasteiger partial charge is 0.492 e. The average Bonchev–Trinajstić information content (AvgIpc) is 3.29. The third-order valence-electron chi connectivity index (χ3n) is 4.45. The maximum Gasteiger partial charge on any atom is 0.204 e. The Morgan fingerprint density at radius 3 is 2.69 bits per heavy atom.